The topological polar surface area (TPSA) is 21.3 Å². The largest absolute Gasteiger partial charge is 0.302 e. The lowest BCUT2D eigenvalue weighted by Crippen LogP contribution is -2.21. The van der Waals surface area contributed by atoms with Crippen LogP contribution in [0.3, 0.4) is 0 Å². The maximum absolute atomic E-state index is 5.33. The lowest BCUT2D eigenvalue weighted by atomic mass is 10.0. The fourth-order valence-electron chi connectivity index (χ4n) is 1.76. The monoisotopic (exact) mass is 221 g/mol. The Hall–Kier alpha value is -0.860. The molecule has 1 aromatic carbocycles. The van der Waals surface area contributed by atoms with Crippen LogP contribution in [0.4, 0.5) is 0 Å². The smallest absolute Gasteiger partial charge is 0.0654 e. The molecule has 0 radical (unpaired) electrons. The summed E-state index contributed by atoms with van der Waals surface area (Å²) in [5, 5.41) is 0. The first-order chi connectivity index (χ1) is 7.88. The predicted molar refractivity (Wildman–Crippen MR) is 68.1 cm³/mol. The van der Waals surface area contributed by atoms with Gasteiger partial charge in [-0.15, -0.1) is 0 Å². The summed E-state index contributed by atoms with van der Waals surface area (Å²) in [5.74, 6) is 0. The lowest BCUT2D eigenvalue weighted by Gasteiger charge is -2.18. The van der Waals surface area contributed by atoms with Crippen molar-refractivity contribution in [2.24, 2.45) is 0 Å². The Morgan fingerprint density at radius 1 is 1.12 bits per heavy atom. The summed E-state index contributed by atoms with van der Waals surface area (Å²) in [6.45, 7) is 4.94. The maximum Gasteiger partial charge on any atom is 0.0654 e. The van der Waals surface area contributed by atoms with Crippen LogP contribution in [0.2, 0.25) is 0 Å². The second-order valence-electron chi connectivity index (χ2n) is 4.01. The summed E-state index contributed by atoms with van der Waals surface area (Å²) < 4.78 is 0. The fraction of sp³-hybridized carbons (Fsp3) is 0.571. The highest BCUT2D eigenvalue weighted by Crippen LogP contribution is 2.19. The average Bonchev–Trinajstić information content (AvgIpc) is 2.35. The highest BCUT2D eigenvalue weighted by molar-refractivity contribution is 5.18. The molecule has 0 fully saturated rings. The third-order valence-electron chi connectivity index (χ3n) is 2.67. The standard InChI is InChI=1S/C14H23NO/c1-3-5-7-12-14(15-16-4-2)13-10-8-6-9-11-13/h6,8-11,14-15H,3-5,7,12H2,1-2H3. The Morgan fingerprint density at radius 3 is 2.50 bits per heavy atom. The molecule has 90 valence electrons. The molecule has 0 saturated heterocycles. The molecule has 0 saturated carbocycles. The molecule has 1 atom stereocenters. The van der Waals surface area contributed by atoms with Crippen LogP contribution in [-0.4, -0.2) is 6.61 Å². The molecule has 0 bridgehead atoms. The number of unbranched alkanes of at least 4 members (excludes halogenated alkanes) is 2. The van der Waals surface area contributed by atoms with E-state index in [0.29, 0.717) is 12.6 Å². The Bertz CT molecular complexity index is 261. The van der Waals surface area contributed by atoms with Crippen LogP contribution < -0.4 is 5.48 Å². The van der Waals surface area contributed by atoms with Crippen molar-refractivity contribution in [1.29, 1.82) is 0 Å². The summed E-state index contributed by atoms with van der Waals surface area (Å²) in [4.78, 5) is 5.33. The molecule has 1 aromatic rings. The van der Waals surface area contributed by atoms with Gasteiger partial charge in [-0.1, -0.05) is 56.5 Å². The van der Waals surface area contributed by atoms with Crippen molar-refractivity contribution in [3.8, 4) is 0 Å². The van der Waals surface area contributed by atoms with Crippen molar-refractivity contribution in [2.75, 3.05) is 6.61 Å². The zero-order chi connectivity index (χ0) is 11.6. The molecule has 0 aliphatic carbocycles. The average molecular weight is 221 g/mol. The highest BCUT2D eigenvalue weighted by atomic mass is 16.6. The van der Waals surface area contributed by atoms with Gasteiger partial charge in [0.05, 0.1) is 12.6 Å². The first-order valence-corrected chi connectivity index (χ1v) is 6.30. The number of hydroxylamine groups is 1. The van der Waals surface area contributed by atoms with Gasteiger partial charge in [0.1, 0.15) is 0 Å². The van der Waals surface area contributed by atoms with E-state index in [2.05, 4.69) is 36.7 Å². The van der Waals surface area contributed by atoms with Gasteiger partial charge >= 0.3 is 0 Å². The number of hydrogen-bond donors (Lipinski definition) is 1. The number of benzene rings is 1. The molecular weight excluding hydrogens is 198 g/mol. The maximum atomic E-state index is 5.33. The van der Waals surface area contributed by atoms with Crippen molar-refractivity contribution >= 4 is 0 Å². The van der Waals surface area contributed by atoms with Gasteiger partial charge in [-0.2, -0.15) is 5.48 Å². The van der Waals surface area contributed by atoms with Gasteiger partial charge in [0.15, 0.2) is 0 Å². The molecular formula is C14H23NO. The second kappa shape index (κ2) is 8.31. The number of hydrogen-bond acceptors (Lipinski definition) is 2. The summed E-state index contributed by atoms with van der Waals surface area (Å²) in [6, 6.07) is 10.8. The summed E-state index contributed by atoms with van der Waals surface area (Å²) in [6.07, 6.45) is 4.93. The van der Waals surface area contributed by atoms with E-state index in [-0.39, 0.29) is 0 Å². The molecule has 0 heterocycles. The van der Waals surface area contributed by atoms with Crippen LogP contribution >= 0.6 is 0 Å². The zero-order valence-corrected chi connectivity index (χ0v) is 10.4. The molecule has 0 aliphatic heterocycles. The second-order valence-corrected chi connectivity index (χ2v) is 4.01. The normalized spacial score (nSPS) is 12.6. The summed E-state index contributed by atoms with van der Waals surface area (Å²) in [5.41, 5.74) is 4.46. The Labute approximate surface area is 99.0 Å². The molecule has 0 aromatic heterocycles. The van der Waals surface area contributed by atoms with E-state index in [4.69, 9.17) is 4.84 Å². The van der Waals surface area contributed by atoms with Crippen LogP contribution in [0, 0.1) is 0 Å². The Kier molecular flexibility index (Phi) is 6.86. The van der Waals surface area contributed by atoms with Gasteiger partial charge in [0.25, 0.3) is 0 Å². The Morgan fingerprint density at radius 2 is 1.88 bits per heavy atom. The van der Waals surface area contributed by atoms with E-state index in [1.807, 2.05) is 13.0 Å². The molecule has 1 unspecified atom stereocenters. The fourth-order valence-corrected chi connectivity index (χ4v) is 1.76. The molecule has 2 nitrogen and oxygen atoms in total. The van der Waals surface area contributed by atoms with Crippen LogP contribution in [0.1, 0.15) is 51.1 Å². The molecule has 1 N–H and O–H groups in total. The summed E-state index contributed by atoms with van der Waals surface area (Å²) >= 11 is 0. The van der Waals surface area contributed by atoms with Crippen molar-refractivity contribution < 1.29 is 4.84 Å². The van der Waals surface area contributed by atoms with E-state index < -0.39 is 0 Å². The van der Waals surface area contributed by atoms with Gasteiger partial charge in [-0.05, 0) is 18.9 Å². The minimum Gasteiger partial charge on any atom is -0.302 e. The van der Waals surface area contributed by atoms with Crippen LogP contribution in [0.5, 0.6) is 0 Å². The molecule has 0 aliphatic rings. The zero-order valence-electron chi connectivity index (χ0n) is 10.4. The van der Waals surface area contributed by atoms with E-state index in [0.717, 1.165) is 6.42 Å². The van der Waals surface area contributed by atoms with Gasteiger partial charge in [-0.25, -0.2) is 0 Å². The van der Waals surface area contributed by atoms with E-state index >= 15 is 0 Å². The minimum absolute atomic E-state index is 0.327. The molecule has 16 heavy (non-hydrogen) atoms. The van der Waals surface area contributed by atoms with Crippen molar-refractivity contribution in [1.82, 2.24) is 5.48 Å². The molecule has 1 rings (SSSR count). The first kappa shape index (κ1) is 13.2. The van der Waals surface area contributed by atoms with Gasteiger partial charge in [0.2, 0.25) is 0 Å². The predicted octanol–water partition coefficient (Wildman–Crippen LogP) is 3.85. The third kappa shape index (κ3) is 4.77. The number of rotatable bonds is 8. The van der Waals surface area contributed by atoms with Crippen molar-refractivity contribution in [3.05, 3.63) is 35.9 Å². The molecule has 0 spiro atoms. The highest BCUT2D eigenvalue weighted by Gasteiger charge is 2.09. The quantitative estimate of drug-likeness (QED) is 0.532. The van der Waals surface area contributed by atoms with Gasteiger partial charge < -0.3 is 4.84 Å². The minimum atomic E-state index is 0.327. The Balaban J connectivity index is 2.49. The molecule has 2 heteroatoms. The van der Waals surface area contributed by atoms with Crippen molar-refractivity contribution in [2.45, 2.75) is 45.6 Å². The first-order valence-electron chi connectivity index (χ1n) is 6.30. The SMILES string of the molecule is CCCCCC(NOCC)c1ccccc1. The lowest BCUT2D eigenvalue weighted by molar-refractivity contribution is 0.0212. The van der Waals surface area contributed by atoms with Crippen LogP contribution in [0.15, 0.2) is 30.3 Å². The molecule has 0 amide bonds. The van der Waals surface area contributed by atoms with E-state index in [9.17, 15) is 0 Å². The van der Waals surface area contributed by atoms with Crippen molar-refractivity contribution in [3.63, 3.8) is 0 Å². The van der Waals surface area contributed by atoms with Gasteiger partial charge in [-0.3, -0.25) is 0 Å². The van der Waals surface area contributed by atoms with Crippen LogP contribution in [0.25, 0.3) is 0 Å². The van der Waals surface area contributed by atoms with E-state index in [1.54, 1.807) is 0 Å². The third-order valence-corrected chi connectivity index (χ3v) is 2.67. The van der Waals surface area contributed by atoms with Crippen LogP contribution in [-0.2, 0) is 4.84 Å². The number of nitrogens with one attached hydrogen (secondary N) is 1. The van der Waals surface area contributed by atoms with E-state index in [1.165, 1.54) is 24.8 Å². The van der Waals surface area contributed by atoms with Gasteiger partial charge in [0, 0.05) is 0 Å². The summed E-state index contributed by atoms with van der Waals surface area (Å²) in [7, 11) is 0.